The number of halogens is 2. The number of imidazole rings is 1. The van der Waals surface area contributed by atoms with Crippen LogP contribution in [0, 0.1) is 18.6 Å². The van der Waals surface area contributed by atoms with Gasteiger partial charge in [0.05, 0.1) is 18.1 Å². The van der Waals surface area contributed by atoms with E-state index in [2.05, 4.69) is 11.1 Å². The summed E-state index contributed by atoms with van der Waals surface area (Å²) < 4.78 is 29.1. The van der Waals surface area contributed by atoms with Gasteiger partial charge in [0.15, 0.2) is 0 Å². The fourth-order valence-corrected chi connectivity index (χ4v) is 2.98. The molecule has 3 rings (SSSR count). The molecule has 1 atom stereocenters. The molecule has 25 heavy (non-hydrogen) atoms. The van der Waals surface area contributed by atoms with Gasteiger partial charge in [-0.3, -0.25) is 0 Å². The number of nitrogens with zero attached hydrogens (tertiary/aromatic N) is 2. The highest BCUT2D eigenvalue weighted by Crippen LogP contribution is 2.26. The average molecular weight is 342 g/mol. The second-order valence-electron chi connectivity index (χ2n) is 6.37. The Morgan fingerprint density at radius 1 is 1.12 bits per heavy atom. The van der Waals surface area contributed by atoms with E-state index in [1.54, 1.807) is 13.3 Å². The van der Waals surface area contributed by atoms with E-state index in [1.165, 1.54) is 12.1 Å². The third kappa shape index (κ3) is 4.12. The quantitative estimate of drug-likeness (QED) is 0.758. The topological polar surface area (TPSA) is 38.0 Å². The van der Waals surface area contributed by atoms with Gasteiger partial charge in [-0.2, -0.15) is 0 Å². The van der Waals surface area contributed by atoms with E-state index >= 15 is 0 Å². The molecule has 2 aromatic carbocycles. The van der Waals surface area contributed by atoms with Crippen LogP contribution in [0.4, 0.5) is 8.78 Å². The van der Waals surface area contributed by atoms with Gasteiger partial charge in [-0.15, -0.1) is 0 Å². The first-order valence-electron chi connectivity index (χ1n) is 8.16. The van der Waals surface area contributed by atoms with Crippen molar-refractivity contribution in [2.75, 3.05) is 0 Å². The van der Waals surface area contributed by atoms with Gasteiger partial charge in [0, 0.05) is 30.3 Å². The summed E-state index contributed by atoms with van der Waals surface area (Å²) in [7, 11) is 0. The molecular formula is C20H20F2N2O. The Bertz CT molecular complexity index is 867. The zero-order valence-corrected chi connectivity index (χ0v) is 14.2. The molecule has 1 heterocycles. The van der Waals surface area contributed by atoms with Crippen LogP contribution in [-0.2, 0) is 13.0 Å². The van der Waals surface area contributed by atoms with Crippen molar-refractivity contribution in [3.63, 3.8) is 0 Å². The van der Waals surface area contributed by atoms with E-state index in [4.69, 9.17) is 0 Å². The van der Waals surface area contributed by atoms with E-state index in [1.807, 2.05) is 29.7 Å². The zero-order valence-electron chi connectivity index (χ0n) is 14.2. The van der Waals surface area contributed by atoms with Gasteiger partial charge in [0.1, 0.15) is 11.6 Å². The van der Waals surface area contributed by atoms with Crippen LogP contribution in [0.25, 0.3) is 11.3 Å². The number of aryl methyl sites for hydroxylation is 1. The summed E-state index contributed by atoms with van der Waals surface area (Å²) in [6, 6.07) is 11.5. The van der Waals surface area contributed by atoms with Crippen LogP contribution >= 0.6 is 0 Å². The molecule has 5 heteroatoms. The highest BCUT2D eigenvalue weighted by molar-refractivity contribution is 5.62. The molecule has 0 bridgehead atoms. The van der Waals surface area contributed by atoms with E-state index in [-0.39, 0.29) is 0 Å². The first-order valence-corrected chi connectivity index (χ1v) is 8.16. The lowest BCUT2D eigenvalue weighted by atomic mass is 10.1. The maximum Gasteiger partial charge on any atom is 0.126 e. The van der Waals surface area contributed by atoms with Crippen molar-refractivity contribution in [1.29, 1.82) is 0 Å². The van der Waals surface area contributed by atoms with E-state index in [0.29, 0.717) is 24.2 Å². The van der Waals surface area contributed by atoms with Gasteiger partial charge in [0.2, 0.25) is 0 Å². The lowest BCUT2D eigenvalue weighted by Crippen LogP contribution is -2.12. The van der Waals surface area contributed by atoms with E-state index < -0.39 is 17.7 Å². The Kier molecular flexibility index (Phi) is 4.95. The SMILES string of the molecule is Cc1cccc(Cn2cnc(-c3cc(F)cc(F)c3)c2CC(C)O)c1. The molecule has 0 saturated heterocycles. The fraction of sp³-hybridized carbons (Fsp3) is 0.250. The second-order valence-corrected chi connectivity index (χ2v) is 6.37. The number of aromatic nitrogens is 2. The third-order valence-electron chi connectivity index (χ3n) is 4.01. The minimum Gasteiger partial charge on any atom is -0.393 e. The van der Waals surface area contributed by atoms with Crippen LogP contribution in [0.5, 0.6) is 0 Å². The molecule has 0 aliphatic rings. The van der Waals surface area contributed by atoms with Crippen molar-refractivity contribution in [2.24, 2.45) is 0 Å². The summed E-state index contributed by atoms with van der Waals surface area (Å²) in [5, 5.41) is 9.85. The first kappa shape index (κ1) is 17.3. The van der Waals surface area contributed by atoms with Gasteiger partial charge < -0.3 is 9.67 Å². The standard InChI is InChI=1S/C20H20F2N2O/c1-13-4-3-5-15(6-13)11-24-12-23-20(19(24)7-14(2)25)16-8-17(21)10-18(22)9-16/h3-6,8-10,12,14,25H,7,11H2,1-2H3. The van der Waals surface area contributed by atoms with Crippen LogP contribution in [0.3, 0.4) is 0 Å². The Morgan fingerprint density at radius 3 is 2.48 bits per heavy atom. The first-order chi connectivity index (χ1) is 11.9. The molecule has 0 fully saturated rings. The van der Waals surface area contributed by atoms with Crippen molar-refractivity contribution >= 4 is 0 Å². The molecule has 0 radical (unpaired) electrons. The maximum absolute atomic E-state index is 13.6. The molecule has 0 spiro atoms. The van der Waals surface area contributed by atoms with Crippen LogP contribution in [0.2, 0.25) is 0 Å². The van der Waals surface area contributed by atoms with Gasteiger partial charge in [-0.05, 0) is 31.5 Å². The highest BCUT2D eigenvalue weighted by atomic mass is 19.1. The van der Waals surface area contributed by atoms with Crippen LogP contribution in [-0.4, -0.2) is 20.8 Å². The van der Waals surface area contributed by atoms with Crippen molar-refractivity contribution in [1.82, 2.24) is 9.55 Å². The predicted molar refractivity (Wildman–Crippen MR) is 93.2 cm³/mol. The number of aliphatic hydroxyl groups excluding tert-OH is 1. The summed E-state index contributed by atoms with van der Waals surface area (Å²) in [5.41, 5.74) is 3.87. The normalized spacial score (nSPS) is 12.4. The molecule has 3 aromatic rings. The lowest BCUT2D eigenvalue weighted by Gasteiger charge is -2.12. The summed E-state index contributed by atoms with van der Waals surface area (Å²) >= 11 is 0. The van der Waals surface area contributed by atoms with Gasteiger partial charge in [-0.1, -0.05) is 29.8 Å². The Balaban J connectivity index is 2.03. The molecule has 1 unspecified atom stereocenters. The molecule has 0 amide bonds. The zero-order chi connectivity index (χ0) is 18.0. The summed E-state index contributed by atoms with van der Waals surface area (Å²) in [6.45, 7) is 4.28. The van der Waals surface area contributed by atoms with E-state index in [9.17, 15) is 13.9 Å². The minimum absolute atomic E-state index is 0.347. The third-order valence-corrected chi connectivity index (χ3v) is 4.01. The number of benzene rings is 2. The van der Waals surface area contributed by atoms with Crippen LogP contribution in [0.1, 0.15) is 23.7 Å². The molecule has 1 aromatic heterocycles. The fourth-order valence-electron chi connectivity index (χ4n) is 2.98. The van der Waals surface area contributed by atoms with Gasteiger partial charge >= 0.3 is 0 Å². The van der Waals surface area contributed by atoms with Crippen molar-refractivity contribution in [3.8, 4) is 11.3 Å². The molecule has 0 aliphatic heterocycles. The minimum atomic E-state index is -0.647. The van der Waals surface area contributed by atoms with Crippen LogP contribution in [0.15, 0.2) is 48.8 Å². The summed E-state index contributed by atoms with van der Waals surface area (Å²) in [4.78, 5) is 4.36. The Labute approximate surface area is 145 Å². The predicted octanol–water partition coefficient (Wildman–Crippen LogP) is 4.11. The van der Waals surface area contributed by atoms with Crippen LogP contribution < -0.4 is 0 Å². The number of hydrogen-bond acceptors (Lipinski definition) is 2. The molecule has 3 nitrogen and oxygen atoms in total. The number of rotatable bonds is 5. The monoisotopic (exact) mass is 342 g/mol. The summed E-state index contributed by atoms with van der Waals surface area (Å²) in [5.74, 6) is -1.29. The largest absolute Gasteiger partial charge is 0.393 e. The number of hydrogen-bond donors (Lipinski definition) is 1. The average Bonchev–Trinajstić information content (AvgIpc) is 2.88. The van der Waals surface area contributed by atoms with Gasteiger partial charge in [-0.25, -0.2) is 13.8 Å². The molecular weight excluding hydrogens is 322 g/mol. The molecule has 1 N–H and O–H groups in total. The lowest BCUT2D eigenvalue weighted by molar-refractivity contribution is 0.193. The molecule has 0 saturated carbocycles. The van der Waals surface area contributed by atoms with Gasteiger partial charge in [0.25, 0.3) is 0 Å². The van der Waals surface area contributed by atoms with E-state index in [0.717, 1.165) is 22.9 Å². The smallest absolute Gasteiger partial charge is 0.126 e. The Morgan fingerprint density at radius 2 is 1.84 bits per heavy atom. The van der Waals surface area contributed by atoms with Crippen molar-refractivity contribution in [2.45, 2.75) is 32.9 Å². The molecule has 130 valence electrons. The highest BCUT2D eigenvalue weighted by Gasteiger charge is 2.16. The maximum atomic E-state index is 13.6. The summed E-state index contributed by atoms with van der Waals surface area (Å²) in [6.07, 6.45) is 1.41. The molecule has 0 aliphatic carbocycles. The number of aliphatic hydroxyl groups is 1. The van der Waals surface area contributed by atoms with Crippen molar-refractivity contribution < 1.29 is 13.9 Å². The van der Waals surface area contributed by atoms with Crippen molar-refractivity contribution in [3.05, 3.63) is 77.2 Å². The second kappa shape index (κ2) is 7.15. The Hall–Kier alpha value is -2.53.